The van der Waals surface area contributed by atoms with Crippen molar-refractivity contribution < 1.29 is 0 Å². The predicted molar refractivity (Wildman–Crippen MR) is 74.2 cm³/mol. The summed E-state index contributed by atoms with van der Waals surface area (Å²) < 4.78 is 1.10. The maximum absolute atomic E-state index is 12.5. The van der Waals surface area contributed by atoms with E-state index in [0.717, 1.165) is 41.7 Å². The molecule has 4 saturated carbocycles. The molecule has 4 aliphatic carbocycles. The van der Waals surface area contributed by atoms with E-state index in [0.29, 0.717) is 11.5 Å². The molecular weight excluding hydrogens is 254 g/mol. The molecule has 0 spiro atoms. The second-order valence-electron chi connectivity index (χ2n) is 7.04. The van der Waals surface area contributed by atoms with Crippen LogP contribution in [0.5, 0.6) is 0 Å². The zero-order chi connectivity index (χ0) is 13.9. The van der Waals surface area contributed by atoms with Crippen LogP contribution < -0.4 is 17.1 Å². The molecule has 6 nitrogen and oxygen atoms in total. The Morgan fingerprint density at radius 1 is 1.10 bits per heavy atom. The van der Waals surface area contributed by atoms with E-state index in [2.05, 4.69) is 10.2 Å². The summed E-state index contributed by atoms with van der Waals surface area (Å²) in [6.07, 6.45) is 7.28. The predicted octanol–water partition coefficient (Wildman–Crippen LogP) is 0.279. The summed E-state index contributed by atoms with van der Waals surface area (Å²) in [6.45, 7) is 0.139. The molecule has 0 aliphatic heterocycles. The van der Waals surface area contributed by atoms with Crippen molar-refractivity contribution in [1.29, 1.82) is 0 Å². The highest BCUT2D eigenvalue weighted by molar-refractivity contribution is 5.20. The molecule has 0 radical (unpaired) electrons. The molecule has 0 saturated heterocycles. The first-order valence-corrected chi connectivity index (χ1v) is 7.55. The van der Waals surface area contributed by atoms with E-state index in [-0.39, 0.29) is 17.5 Å². The van der Waals surface area contributed by atoms with Gasteiger partial charge in [-0.2, -0.15) is 0 Å². The van der Waals surface area contributed by atoms with Gasteiger partial charge in [-0.05, 0) is 56.3 Å². The van der Waals surface area contributed by atoms with Crippen LogP contribution in [0.2, 0.25) is 0 Å². The van der Waals surface area contributed by atoms with Crippen LogP contribution in [-0.2, 0) is 12.0 Å². The maximum atomic E-state index is 12.5. The maximum Gasteiger partial charge on any atom is 0.294 e. The molecule has 1 aromatic heterocycles. The van der Waals surface area contributed by atoms with Crippen LogP contribution in [0.3, 0.4) is 0 Å². The Kier molecular flexibility index (Phi) is 2.49. The number of nitrogens with zero attached hydrogens (tertiary/aromatic N) is 3. The van der Waals surface area contributed by atoms with Crippen molar-refractivity contribution >= 4 is 0 Å². The molecule has 6 heteroatoms. The summed E-state index contributed by atoms with van der Waals surface area (Å²) >= 11 is 0. The smallest absolute Gasteiger partial charge is 0.294 e. The molecule has 0 unspecified atom stereocenters. The van der Waals surface area contributed by atoms with Crippen molar-refractivity contribution in [3.8, 4) is 0 Å². The third-order valence-corrected chi connectivity index (χ3v) is 5.69. The quantitative estimate of drug-likeness (QED) is 0.755. The van der Waals surface area contributed by atoms with Gasteiger partial charge < -0.3 is 11.6 Å². The Labute approximate surface area is 117 Å². The van der Waals surface area contributed by atoms with Crippen LogP contribution in [0.4, 0.5) is 0 Å². The Bertz CT molecular complexity index is 573. The van der Waals surface area contributed by atoms with Gasteiger partial charge in [-0.15, -0.1) is 10.2 Å². The first-order valence-electron chi connectivity index (χ1n) is 7.55. The Hall–Kier alpha value is -1.43. The lowest BCUT2D eigenvalue weighted by molar-refractivity contribution is -0.00859. The van der Waals surface area contributed by atoms with E-state index >= 15 is 0 Å². The molecule has 0 aromatic carbocycles. The number of rotatable bonds is 2. The fraction of sp³-hybridized carbons (Fsp3) is 0.786. The van der Waals surface area contributed by atoms with Gasteiger partial charge in [0.1, 0.15) is 5.69 Å². The fourth-order valence-corrected chi connectivity index (χ4v) is 5.30. The van der Waals surface area contributed by atoms with E-state index < -0.39 is 0 Å². The summed E-state index contributed by atoms with van der Waals surface area (Å²) in [5.74, 6) is 8.48. The summed E-state index contributed by atoms with van der Waals surface area (Å²) in [5.41, 5.74) is 5.87. The van der Waals surface area contributed by atoms with Gasteiger partial charge in [-0.3, -0.25) is 4.79 Å². The number of hydrogen-bond donors (Lipinski definition) is 2. The van der Waals surface area contributed by atoms with Crippen LogP contribution in [0.1, 0.15) is 50.0 Å². The van der Waals surface area contributed by atoms with Gasteiger partial charge in [-0.25, -0.2) is 4.68 Å². The van der Waals surface area contributed by atoms with Crippen molar-refractivity contribution in [2.75, 3.05) is 5.84 Å². The number of aromatic nitrogens is 3. The van der Waals surface area contributed by atoms with Crippen molar-refractivity contribution in [3.63, 3.8) is 0 Å². The lowest BCUT2D eigenvalue weighted by atomic mass is 9.49. The van der Waals surface area contributed by atoms with Gasteiger partial charge in [0.05, 0.1) is 6.54 Å². The molecule has 1 aromatic rings. The zero-order valence-corrected chi connectivity index (χ0v) is 11.6. The summed E-state index contributed by atoms with van der Waals surface area (Å²) in [6, 6.07) is 0. The lowest BCUT2D eigenvalue weighted by Crippen LogP contribution is -2.52. The third kappa shape index (κ3) is 1.57. The molecular formula is C14H21N5O. The molecule has 5 rings (SSSR count). The minimum atomic E-state index is -0.192. The van der Waals surface area contributed by atoms with Crippen molar-refractivity contribution in [1.82, 2.24) is 14.9 Å². The lowest BCUT2D eigenvalue weighted by Gasteiger charge is -2.56. The standard InChI is InChI=1S/C14H21N5O/c15-7-11-17-18-12(13(20)19(11)16)14-4-8-1-9(5-14)3-10(2-8)6-14/h8-10H,1-7,15-16H2. The van der Waals surface area contributed by atoms with Gasteiger partial charge >= 0.3 is 0 Å². The minimum Gasteiger partial charge on any atom is -0.335 e. The first kappa shape index (κ1) is 12.3. The molecule has 0 amide bonds. The van der Waals surface area contributed by atoms with E-state index in [1.807, 2.05) is 0 Å². The van der Waals surface area contributed by atoms with Crippen molar-refractivity contribution in [2.45, 2.75) is 50.5 Å². The molecule has 1 heterocycles. The average Bonchev–Trinajstić information content (AvgIpc) is 2.40. The van der Waals surface area contributed by atoms with Crippen LogP contribution in [0, 0.1) is 17.8 Å². The van der Waals surface area contributed by atoms with Crippen LogP contribution in [0.25, 0.3) is 0 Å². The number of hydrogen-bond acceptors (Lipinski definition) is 5. The molecule has 108 valence electrons. The average molecular weight is 275 g/mol. The highest BCUT2D eigenvalue weighted by Gasteiger charge is 2.53. The summed E-state index contributed by atoms with van der Waals surface area (Å²) in [4.78, 5) is 12.5. The molecule has 4 fully saturated rings. The third-order valence-electron chi connectivity index (χ3n) is 5.69. The number of nitrogen functional groups attached to an aromatic ring is 1. The summed E-state index contributed by atoms with van der Waals surface area (Å²) in [5, 5.41) is 8.33. The Morgan fingerprint density at radius 3 is 2.15 bits per heavy atom. The van der Waals surface area contributed by atoms with Crippen LogP contribution in [-0.4, -0.2) is 14.9 Å². The topological polar surface area (TPSA) is 99.8 Å². The van der Waals surface area contributed by atoms with E-state index in [4.69, 9.17) is 11.6 Å². The minimum absolute atomic E-state index is 0.0624. The Balaban J connectivity index is 1.81. The SMILES string of the molecule is NCc1nnc(C23CC4CC(CC(C4)C2)C3)c(=O)n1N. The normalized spacial score (nSPS) is 38.4. The number of nitrogens with two attached hydrogens (primary N) is 2. The molecule has 0 atom stereocenters. The van der Waals surface area contributed by atoms with Gasteiger partial charge in [0.15, 0.2) is 5.82 Å². The second kappa shape index (κ2) is 4.04. The fourth-order valence-electron chi connectivity index (χ4n) is 5.30. The summed E-state index contributed by atoms with van der Waals surface area (Å²) in [7, 11) is 0. The highest BCUT2D eigenvalue weighted by atomic mass is 16.1. The van der Waals surface area contributed by atoms with Gasteiger partial charge in [-0.1, -0.05) is 0 Å². The molecule has 4 bridgehead atoms. The van der Waals surface area contributed by atoms with Crippen molar-refractivity contribution in [3.05, 3.63) is 21.9 Å². The van der Waals surface area contributed by atoms with Crippen LogP contribution >= 0.6 is 0 Å². The Morgan fingerprint density at radius 2 is 1.65 bits per heavy atom. The largest absolute Gasteiger partial charge is 0.335 e. The zero-order valence-electron chi connectivity index (χ0n) is 11.6. The van der Waals surface area contributed by atoms with Crippen LogP contribution in [0.15, 0.2) is 4.79 Å². The monoisotopic (exact) mass is 275 g/mol. The van der Waals surface area contributed by atoms with Crippen molar-refractivity contribution in [2.24, 2.45) is 23.5 Å². The first-order chi connectivity index (χ1) is 9.61. The van der Waals surface area contributed by atoms with Gasteiger partial charge in [0.25, 0.3) is 5.56 Å². The molecule has 4 N–H and O–H groups in total. The molecule has 4 aliphatic rings. The van der Waals surface area contributed by atoms with E-state index in [1.54, 1.807) is 0 Å². The highest BCUT2D eigenvalue weighted by Crippen LogP contribution is 2.59. The molecule has 20 heavy (non-hydrogen) atoms. The van der Waals surface area contributed by atoms with E-state index in [9.17, 15) is 4.79 Å². The van der Waals surface area contributed by atoms with E-state index in [1.165, 1.54) is 19.3 Å². The second-order valence-corrected chi connectivity index (χ2v) is 7.04. The van der Waals surface area contributed by atoms with Gasteiger partial charge in [0, 0.05) is 5.41 Å². The van der Waals surface area contributed by atoms with Gasteiger partial charge in [0.2, 0.25) is 0 Å².